The van der Waals surface area contributed by atoms with Gasteiger partial charge in [-0.2, -0.15) is 0 Å². The van der Waals surface area contributed by atoms with Gasteiger partial charge >= 0.3 is 11.9 Å². The predicted octanol–water partition coefficient (Wildman–Crippen LogP) is 3.06. The van der Waals surface area contributed by atoms with Crippen molar-refractivity contribution in [3.8, 4) is 0 Å². The van der Waals surface area contributed by atoms with E-state index in [0.717, 1.165) is 18.2 Å². The number of nitro benzene ring substituents is 2. The second kappa shape index (κ2) is 15.9. The van der Waals surface area contributed by atoms with Gasteiger partial charge in [0.1, 0.15) is 18.2 Å². The van der Waals surface area contributed by atoms with Crippen molar-refractivity contribution in [1.82, 2.24) is 9.80 Å². The molecule has 0 radical (unpaired) electrons. The van der Waals surface area contributed by atoms with Gasteiger partial charge in [-0.25, -0.2) is 8.78 Å². The van der Waals surface area contributed by atoms with Crippen LogP contribution in [0.2, 0.25) is 0 Å². The number of benzene rings is 2. The quantitative estimate of drug-likeness (QED) is 0.227. The normalized spacial score (nSPS) is 10.6. The Morgan fingerprint density at radius 1 is 0.868 bits per heavy atom. The van der Waals surface area contributed by atoms with E-state index in [1.54, 1.807) is 7.05 Å². The highest BCUT2D eigenvalue weighted by atomic mass is 19.1. The lowest BCUT2D eigenvalue weighted by atomic mass is 10.1. The van der Waals surface area contributed by atoms with Gasteiger partial charge in [-0.1, -0.05) is 0 Å². The van der Waals surface area contributed by atoms with E-state index in [4.69, 9.17) is 9.84 Å². The Bertz CT molecular complexity index is 1130. The molecule has 1 N–H and O–H groups in total. The number of hydrogen-bond acceptors (Lipinski definition) is 9. The van der Waals surface area contributed by atoms with Gasteiger partial charge in [-0.05, 0) is 51.2 Å². The van der Waals surface area contributed by atoms with Crippen molar-refractivity contribution in [1.29, 1.82) is 0 Å². The van der Waals surface area contributed by atoms with Gasteiger partial charge in [-0.3, -0.25) is 34.7 Å². The molecule has 2 rings (SSSR count). The maximum absolute atomic E-state index is 13.0. The summed E-state index contributed by atoms with van der Waals surface area (Å²) < 4.78 is 30.7. The van der Waals surface area contributed by atoms with Gasteiger partial charge < -0.3 is 14.7 Å². The van der Waals surface area contributed by atoms with Crippen LogP contribution in [0.3, 0.4) is 0 Å². The minimum absolute atomic E-state index is 0.144. The molecule has 0 heterocycles. The standard InChI is InChI=1S/C13H17FN2O4.C11H13FN2O4/c1-10(17)20-8-7-15(2)6-5-11-3-4-12(14)9-13(11)16(18)19;1-13(7-11(15)16)5-4-8-2-3-9(12)6-10(8)14(17)18/h3-4,9H,5-8H2,1-2H3;2-3,6H,4-5,7H2,1H3,(H,15,16). The molecule has 0 aliphatic rings. The molecule has 2 aromatic rings. The summed E-state index contributed by atoms with van der Waals surface area (Å²) in [6.07, 6.45) is 0.716. The second-order valence-electron chi connectivity index (χ2n) is 8.34. The number of nitrogens with zero attached hydrogens (tertiary/aromatic N) is 4. The van der Waals surface area contributed by atoms with Gasteiger partial charge in [-0.15, -0.1) is 0 Å². The van der Waals surface area contributed by atoms with Crippen LogP contribution < -0.4 is 0 Å². The van der Waals surface area contributed by atoms with E-state index in [2.05, 4.69) is 0 Å². The van der Waals surface area contributed by atoms with E-state index in [9.17, 15) is 38.6 Å². The highest BCUT2D eigenvalue weighted by Gasteiger charge is 2.16. The van der Waals surface area contributed by atoms with Crippen LogP contribution in [0.5, 0.6) is 0 Å². The van der Waals surface area contributed by atoms with Crippen molar-refractivity contribution in [3.05, 3.63) is 79.4 Å². The third-order valence-electron chi connectivity index (χ3n) is 5.20. The SMILES string of the molecule is CC(=O)OCCN(C)CCc1ccc(F)cc1[N+](=O)[O-].CN(CCc1ccc(F)cc1[N+](=O)[O-])CC(=O)O. The first kappa shape index (κ1) is 32.0. The van der Waals surface area contributed by atoms with Crippen LogP contribution in [0.4, 0.5) is 20.2 Å². The number of rotatable bonds is 13. The average molecular weight is 541 g/mol. The lowest BCUT2D eigenvalue weighted by molar-refractivity contribution is -0.385. The molecule has 38 heavy (non-hydrogen) atoms. The van der Waals surface area contributed by atoms with Gasteiger partial charge in [0.15, 0.2) is 0 Å². The fourth-order valence-electron chi connectivity index (χ4n) is 3.23. The molecule has 0 saturated heterocycles. The van der Waals surface area contributed by atoms with Crippen molar-refractivity contribution in [2.75, 3.05) is 46.9 Å². The van der Waals surface area contributed by atoms with Crippen molar-refractivity contribution in [3.63, 3.8) is 0 Å². The van der Waals surface area contributed by atoms with Crippen LogP contribution in [-0.4, -0.2) is 83.6 Å². The summed E-state index contributed by atoms with van der Waals surface area (Å²) in [5.74, 6) is -2.59. The highest BCUT2D eigenvalue weighted by molar-refractivity contribution is 5.69. The van der Waals surface area contributed by atoms with E-state index < -0.39 is 27.5 Å². The molecule has 0 unspecified atom stereocenters. The van der Waals surface area contributed by atoms with Gasteiger partial charge in [0, 0.05) is 37.7 Å². The third kappa shape index (κ3) is 12.3. The van der Waals surface area contributed by atoms with E-state index in [1.165, 1.54) is 30.0 Å². The predicted molar refractivity (Wildman–Crippen MR) is 133 cm³/mol. The molecule has 0 spiro atoms. The van der Waals surface area contributed by atoms with Crippen molar-refractivity contribution in [2.45, 2.75) is 19.8 Å². The first-order valence-electron chi connectivity index (χ1n) is 11.4. The number of carboxylic acids is 1. The maximum Gasteiger partial charge on any atom is 0.317 e. The molecule has 0 atom stereocenters. The number of halogens is 2. The molecule has 208 valence electrons. The Hall–Kier alpha value is -4.04. The molecule has 12 nitrogen and oxygen atoms in total. The van der Waals surface area contributed by atoms with Crippen LogP contribution in [0.1, 0.15) is 18.1 Å². The molecule has 0 fully saturated rings. The van der Waals surface area contributed by atoms with Gasteiger partial charge in [0.05, 0.1) is 28.5 Å². The summed E-state index contributed by atoms with van der Waals surface area (Å²) >= 11 is 0. The van der Waals surface area contributed by atoms with Crippen LogP contribution in [0, 0.1) is 31.9 Å². The maximum atomic E-state index is 13.0. The Kier molecular flexibility index (Phi) is 13.4. The van der Waals surface area contributed by atoms with E-state index in [-0.39, 0.29) is 30.5 Å². The number of carbonyl (C=O) groups is 2. The Morgan fingerprint density at radius 2 is 1.32 bits per heavy atom. The van der Waals surface area contributed by atoms with Crippen molar-refractivity contribution < 1.29 is 38.1 Å². The highest BCUT2D eigenvalue weighted by Crippen LogP contribution is 2.21. The molecule has 2 aromatic carbocycles. The van der Waals surface area contributed by atoms with Crippen LogP contribution in [0.25, 0.3) is 0 Å². The van der Waals surface area contributed by atoms with Gasteiger partial charge in [0.25, 0.3) is 11.4 Å². The number of aliphatic carboxylic acids is 1. The lowest BCUT2D eigenvalue weighted by Gasteiger charge is -2.16. The zero-order chi connectivity index (χ0) is 28.8. The largest absolute Gasteiger partial charge is 0.480 e. The van der Waals surface area contributed by atoms with Crippen molar-refractivity contribution >= 4 is 23.3 Å². The number of nitro groups is 2. The first-order valence-corrected chi connectivity index (χ1v) is 11.4. The minimum Gasteiger partial charge on any atom is -0.480 e. The Labute approximate surface area is 217 Å². The van der Waals surface area contributed by atoms with Crippen molar-refractivity contribution in [2.24, 2.45) is 0 Å². The number of hydrogen-bond donors (Lipinski definition) is 1. The summed E-state index contributed by atoms with van der Waals surface area (Å²) in [5, 5.41) is 30.1. The zero-order valence-electron chi connectivity index (χ0n) is 21.3. The summed E-state index contributed by atoms with van der Waals surface area (Å²) in [6.45, 7) is 2.90. The monoisotopic (exact) mass is 540 g/mol. The molecular weight excluding hydrogens is 510 g/mol. The van der Waals surface area contributed by atoms with E-state index in [1.807, 2.05) is 11.9 Å². The van der Waals surface area contributed by atoms with Crippen LogP contribution in [0.15, 0.2) is 36.4 Å². The molecule has 14 heteroatoms. The van der Waals surface area contributed by atoms with Crippen LogP contribution in [-0.2, 0) is 27.2 Å². The number of carbonyl (C=O) groups excluding carboxylic acids is 1. The van der Waals surface area contributed by atoms with Gasteiger partial charge in [0.2, 0.25) is 0 Å². The molecule has 0 amide bonds. The molecule has 0 aliphatic heterocycles. The smallest absolute Gasteiger partial charge is 0.317 e. The summed E-state index contributed by atoms with van der Waals surface area (Å²) in [5.41, 5.74) is 0.381. The topological polar surface area (TPSA) is 156 Å². The summed E-state index contributed by atoms with van der Waals surface area (Å²) in [6, 6.07) is 6.93. The third-order valence-corrected chi connectivity index (χ3v) is 5.20. The van der Waals surface area contributed by atoms with E-state index >= 15 is 0 Å². The Balaban J connectivity index is 0.000000382. The lowest BCUT2D eigenvalue weighted by Crippen LogP contribution is -2.27. The first-order chi connectivity index (χ1) is 17.8. The average Bonchev–Trinajstić information content (AvgIpc) is 2.82. The fourth-order valence-corrected chi connectivity index (χ4v) is 3.23. The van der Waals surface area contributed by atoms with Crippen LogP contribution >= 0.6 is 0 Å². The molecular formula is C24H30F2N4O8. The number of esters is 1. The number of likely N-dealkylation sites (N-methyl/N-ethyl adjacent to an activating group) is 2. The van der Waals surface area contributed by atoms with E-state index in [0.29, 0.717) is 43.6 Å². The summed E-state index contributed by atoms with van der Waals surface area (Å²) in [4.78, 5) is 44.8. The fraction of sp³-hybridized carbons (Fsp3) is 0.417. The molecule has 0 aromatic heterocycles. The molecule has 0 aliphatic carbocycles. The zero-order valence-corrected chi connectivity index (χ0v) is 21.3. The molecule has 0 saturated carbocycles. The minimum atomic E-state index is -0.967. The number of carboxylic acid groups (broad SMARTS) is 1. The summed E-state index contributed by atoms with van der Waals surface area (Å²) in [7, 11) is 3.42. The number of ether oxygens (including phenoxy) is 1. The second-order valence-corrected chi connectivity index (χ2v) is 8.34. The Morgan fingerprint density at radius 3 is 1.71 bits per heavy atom. The molecule has 0 bridgehead atoms.